The molecule has 24 heavy (non-hydrogen) atoms. The molecule has 1 aliphatic rings. The van der Waals surface area contributed by atoms with E-state index >= 15 is 0 Å². The van der Waals surface area contributed by atoms with E-state index < -0.39 is 0 Å². The zero-order valence-corrected chi connectivity index (χ0v) is 14.7. The minimum Gasteiger partial charge on any atom is -0.351 e. The Kier molecular flexibility index (Phi) is 5.54. The van der Waals surface area contributed by atoms with Crippen LogP contribution in [0.15, 0.2) is 48.5 Å². The number of benzene rings is 2. The summed E-state index contributed by atoms with van der Waals surface area (Å²) in [5.74, 6) is 0.0514. The lowest BCUT2D eigenvalue weighted by Gasteiger charge is -2.32. The van der Waals surface area contributed by atoms with Crippen molar-refractivity contribution in [3.05, 3.63) is 70.2 Å². The van der Waals surface area contributed by atoms with Crippen LogP contribution in [-0.4, -0.2) is 24.4 Å². The number of hydrogen-bond acceptors (Lipinski definition) is 2. The number of nitrogens with one attached hydrogen (secondary N) is 1. The first-order valence-corrected chi connectivity index (χ1v) is 8.80. The second kappa shape index (κ2) is 7.82. The van der Waals surface area contributed by atoms with Crippen molar-refractivity contribution in [2.24, 2.45) is 0 Å². The Morgan fingerprint density at radius 2 is 1.96 bits per heavy atom. The van der Waals surface area contributed by atoms with Gasteiger partial charge in [0.15, 0.2) is 0 Å². The first kappa shape index (κ1) is 17.0. The van der Waals surface area contributed by atoms with Crippen molar-refractivity contribution in [3.63, 3.8) is 0 Å². The van der Waals surface area contributed by atoms with Gasteiger partial charge in [-0.2, -0.15) is 0 Å². The molecule has 1 atom stereocenters. The molecule has 0 fully saturated rings. The highest BCUT2D eigenvalue weighted by Crippen LogP contribution is 2.33. The summed E-state index contributed by atoms with van der Waals surface area (Å²) in [5, 5.41) is 3.70. The number of amides is 1. The van der Waals surface area contributed by atoms with E-state index in [0.717, 1.165) is 18.4 Å². The van der Waals surface area contributed by atoms with E-state index in [1.165, 1.54) is 17.5 Å². The monoisotopic (exact) mass is 342 g/mol. The van der Waals surface area contributed by atoms with Gasteiger partial charge in [0.05, 0.1) is 6.54 Å². The van der Waals surface area contributed by atoms with Crippen molar-refractivity contribution in [1.82, 2.24) is 10.2 Å². The van der Waals surface area contributed by atoms with E-state index in [1.807, 2.05) is 31.3 Å². The lowest BCUT2D eigenvalue weighted by molar-refractivity contribution is -0.122. The van der Waals surface area contributed by atoms with Crippen LogP contribution in [-0.2, 0) is 17.8 Å². The topological polar surface area (TPSA) is 32.3 Å². The third-order valence-corrected chi connectivity index (χ3v) is 4.92. The Balaban J connectivity index is 1.56. The van der Waals surface area contributed by atoms with E-state index in [4.69, 9.17) is 11.6 Å². The Morgan fingerprint density at radius 1 is 1.21 bits per heavy atom. The lowest BCUT2D eigenvalue weighted by Crippen LogP contribution is -2.37. The number of hydrogen-bond donors (Lipinski definition) is 1. The Hall–Kier alpha value is -1.84. The summed E-state index contributed by atoms with van der Waals surface area (Å²) in [7, 11) is 2.04. The molecular weight excluding hydrogens is 320 g/mol. The maximum Gasteiger partial charge on any atom is 0.234 e. The first-order valence-electron chi connectivity index (χ1n) is 8.42. The Labute approximate surface area is 148 Å². The molecule has 0 bridgehead atoms. The van der Waals surface area contributed by atoms with Crippen molar-refractivity contribution in [2.45, 2.75) is 31.8 Å². The van der Waals surface area contributed by atoms with Crippen molar-refractivity contribution < 1.29 is 4.79 Å². The number of nitrogens with zero attached hydrogens (tertiary/aromatic N) is 1. The highest BCUT2D eigenvalue weighted by Gasteiger charge is 2.24. The number of carbonyl (C=O) groups excluding carboxylic acids is 1. The molecule has 1 amide bonds. The van der Waals surface area contributed by atoms with Gasteiger partial charge in [0, 0.05) is 17.6 Å². The van der Waals surface area contributed by atoms with Crippen molar-refractivity contribution in [3.8, 4) is 0 Å². The predicted molar refractivity (Wildman–Crippen MR) is 98.0 cm³/mol. The SMILES string of the molecule is CN(CC(=O)NCc1ccc(Cl)cc1)[C@@H]1CCCc2ccccc21. The number of carbonyl (C=O) groups is 1. The van der Waals surface area contributed by atoms with E-state index in [9.17, 15) is 4.79 Å². The Bertz CT molecular complexity index is 699. The molecule has 126 valence electrons. The van der Waals surface area contributed by atoms with E-state index in [-0.39, 0.29) is 5.91 Å². The standard InChI is InChI=1S/C20H23ClN2O/c1-23(19-8-4-6-16-5-2-3-7-18(16)19)14-20(24)22-13-15-9-11-17(21)12-10-15/h2-3,5,7,9-12,19H,4,6,8,13-14H2,1H3,(H,22,24)/t19-/m1/s1. The number of halogens is 1. The van der Waals surface area contributed by atoms with Gasteiger partial charge in [-0.15, -0.1) is 0 Å². The highest BCUT2D eigenvalue weighted by molar-refractivity contribution is 6.30. The molecule has 3 rings (SSSR count). The molecule has 0 aliphatic heterocycles. The average molecular weight is 343 g/mol. The van der Waals surface area contributed by atoms with Crippen molar-refractivity contribution >= 4 is 17.5 Å². The second-order valence-electron chi connectivity index (χ2n) is 6.43. The minimum absolute atomic E-state index is 0.0514. The molecule has 2 aromatic carbocycles. The van der Waals surface area contributed by atoms with Crippen LogP contribution in [0.1, 0.15) is 35.6 Å². The maximum absolute atomic E-state index is 12.3. The van der Waals surface area contributed by atoms with Crippen LogP contribution in [0.25, 0.3) is 0 Å². The summed E-state index contributed by atoms with van der Waals surface area (Å²) in [4.78, 5) is 14.4. The molecule has 0 aromatic heterocycles. The quantitative estimate of drug-likeness (QED) is 0.891. The number of rotatable bonds is 5. The van der Waals surface area contributed by atoms with Crippen LogP contribution >= 0.6 is 11.6 Å². The van der Waals surface area contributed by atoms with Gasteiger partial charge in [-0.3, -0.25) is 9.69 Å². The van der Waals surface area contributed by atoms with Crippen LogP contribution in [0.2, 0.25) is 5.02 Å². The summed E-state index contributed by atoms with van der Waals surface area (Å²) < 4.78 is 0. The van der Waals surface area contributed by atoms with Gasteiger partial charge >= 0.3 is 0 Å². The molecule has 0 saturated heterocycles. The smallest absolute Gasteiger partial charge is 0.234 e. The highest BCUT2D eigenvalue weighted by atomic mass is 35.5. The molecule has 1 N–H and O–H groups in total. The average Bonchev–Trinajstić information content (AvgIpc) is 2.60. The summed E-state index contributed by atoms with van der Waals surface area (Å²) in [5.41, 5.74) is 3.84. The van der Waals surface area contributed by atoms with Gasteiger partial charge in [0.25, 0.3) is 0 Å². The van der Waals surface area contributed by atoms with Crippen LogP contribution in [0, 0.1) is 0 Å². The zero-order chi connectivity index (χ0) is 16.9. The molecule has 0 unspecified atom stereocenters. The summed E-state index contributed by atoms with van der Waals surface area (Å²) in [6.45, 7) is 0.942. The third kappa shape index (κ3) is 4.16. The first-order chi connectivity index (χ1) is 11.6. The number of likely N-dealkylation sites (N-methyl/N-ethyl adjacent to an activating group) is 1. The largest absolute Gasteiger partial charge is 0.351 e. The zero-order valence-electron chi connectivity index (χ0n) is 14.0. The summed E-state index contributed by atoms with van der Waals surface area (Å²) in [6.07, 6.45) is 3.43. The fourth-order valence-electron chi connectivity index (χ4n) is 3.38. The number of fused-ring (bicyclic) bond motifs is 1. The van der Waals surface area contributed by atoms with Gasteiger partial charge in [-0.25, -0.2) is 0 Å². The lowest BCUT2D eigenvalue weighted by atomic mass is 9.87. The summed E-state index contributed by atoms with van der Waals surface area (Å²) in [6, 6.07) is 16.5. The van der Waals surface area contributed by atoms with Crippen LogP contribution in [0.5, 0.6) is 0 Å². The molecule has 0 spiro atoms. The molecule has 0 radical (unpaired) electrons. The van der Waals surface area contributed by atoms with Crippen LogP contribution < -0.4 is 5.32 Å². The van der Waals surface area contributed by atoms with Gasteiger partial charge < -0.3 is 5.32 Å². The van der Waals surface area contributed by atoms with Crippen molar-refractivity contribution in [1.29, 1.82) is 0 Å². The van der Waals surface area contributed by atoms with Gasteiger partial charge in [-0.05, 0) is 55.1 Å². The van der Waals surface area contributed by atoms with Gasteiger partial charge in [-0.1, -0.05) is 48.0 Å². The normalized spacial score (nSPS) is 16.7. The summed E-state index contributed by atoms with van der Waals surface area (Å²) >= 11 is 5.88. The van der Waals surface area contributed by atoms with E-state index in [2.05, 4.69) is 34.5 Å². The third-order valence-electron chi connectivity index (χ3n) is 4.67. The molecule has 0 saturated carbocycles. The van der Waals surface area contributed by atoms with Gasteiger partial charge in [0.1, 0.15) is 0 Å². The second-order valence-corrected chi connectivity index (χ2v) is 6.86. The number of aryl methyl sites for hydroxylation is 1. The van der Waals surface area contributed by atoms with Crippen LogP contribution in [0.3, 0.4) is 0 Å². The molecule has 2 aromatic rings. The van der Waals surface area contributed by atoms with Crippen LogP contribution in [0.4, 0.5) is 0 Å². The molecular formula is C20H23ClN2O. The van der Waals surface area contributed by atoms with E-state index in [0.29, 0.717) is 24.2 Å². The van der Waals surface area contributed by atoms with Gasteiger partial charge in [0.2, 0.25) is 5.91 Å². The Morgan fingerprint density at radius 3 is 2.75 bits per heavy atom. The molecule has 3 nitrogen and oxygen atoms in total. The minimum atomic E-state index is 0.0514. The predicted octanol–water partition coefficient (Wildman–Crippen LogP) is 3.97. The van der Waals surface area contributed by atoms with Crippen molar-refractivity contribution in [2.75, 3.05) is 13.6 Å². The fraction of sp³-hybridized carbons (Fsp3) is 0.350. The molecule has 4 heteroatoms. The fourth-order valence-corrected chi connectivity index (χ4v) is 3.51. The molecule has 1 aliphatic carbocycles. The molecule has 0 heterocycles. The van der Waals surface area contributed by atoms with E-state index in [1.54, 1.807) is 0 Å². The maximum atomic E-state index is 12.3.